The Hall–Kier alpha value is -2.97. The molecule has 150 valence electrons. The highest BCUT2D eigenvalue weighted by molar-refractivity contribution is 6.12. The molecule has 2 aliphatic carbocycles. The summed E-state index contributed by atoms with van der Waals surface area (Å²) in [7, 11) is 0. The predicted octanol–water partition coefficient (Wildman–Crippen LogP) is 1.13. The lowest BCUT2D eigenvalue weighted by molar-refractivity contribution is -0.165. The lowest BCUT2D eigenvalue weighted by atomic mass is 9.67. The van der Waals surface area contributed by atoms with Crippen molar-refractivity contribution in [3.8, 4) is 0 Å². The van der Waals surface area contributed by atoms with E-state index in [9.17, 15) is 19.2 Å². The lowest BCUT2D eigenvalue weighted by Crippen LogP contribution is -2.51. The summed E-state index contributed by atoms with van der Waals surface area (Å²) in [6, 6.07) is 0. The van der Waals surface area contributed by atoms with E-state index in [1.165, 1.54) is 6.08 Å². The Balaban J connectivity index is 1.44. The number of carboxylic acid groups (broad SMARTS) is 2. The normalized spacial score (nSPS) is 26.0. The van der Waals surface area contributed by atoms with Gasteiger partial charge in [-0.15, -0.1) is 0 Å². The maximum atomic E-state index is 12.3. The van der Waals surface area contributed by atoms with Gasteiger partial charge in [0.1, 0.15) is 0 Å². The zero-order valence-electron chi connectivity index (χ0n) is 15.4. The molecule has 0 saturated heterocycles. The molecule has 0 bridgehead atoms. The van der Waals surface area contributed by atoms with Gasteiger partial charge in [-0.25, -0.2) is 5.43 Å². The van der Waals surface area contributed by atoms with Crippen LogP contribution in [-0.2, 0) is 19.2 Å². The molecule has 0 spiro atoms. The van der Waals surface area contributed by atoms with Crippen molar-refractivity contribution in [2.75, 3.05) is 6.54 Å². The number of carbonyl (C=O) groups is 4. The highest BCUT2D eigenvalue weighted by atomic mass is 16.4. The second-order valence-electron chi connectivity index (χ2n) is 7.69. The third-order valence-corrected chi connectivity index (χ3v) is 5.84. The van der Waals surface area contributed by atoms with Gasteiger partial charge in [-0.05, 0) is 37.7 Å². The Morgan fingerprint density at radius 3 is 2.25 bits per heavy atom. The fourth-order valence-electron chi connectivity index (χ4n) is 3.90. The monoisotopic (exact) mass is 389 g/mol. The van der Waals surface area contributed by atoms with Crippen molar-refractivity contribution in [1.82, 2.24) is 10.3 Å². The zero-order chi connectivity index (χ0) is 20.5. The minimum Gasteiger partial charge on any atom is -0.480 e. The molecule has 0 aromatic rings. The van der Waals surface area contributed by atoms with E-state index in [0.717, 1.165) is 12.8 Å². The summed E-state index contributed by atoms with van der Waals surface area (Å²) >= 11 is 0. The molecule has 2 fully saturated rings. The van der Waals surface area contributed by atoms with Gasteiger partial charge in [0, 0.05) is 42.8 Å². The van der Waals surface area contributed by atoms with Crippen molar-refractivity contribution in [2.45, 2.75) is 38.5 Å². The first-order valence-electron chi connectivity index (χ1n) is 9.23. The van der Waals surface area contributed by atoms with Crippen LogP contribution in [0.5, 0.6) is 0 Å². The van der Waals surface area contributed by atoms with Crippen molar-refractivity contribution < 1.29 is 29.4 Å². The number of hydrazone groups is 1. The van der Waals surface area contributed by atoms with Crippen LogP contribution in [0, 0.1) is 17.3 Å². The van der Waals surface area contributed by atoms with Crippen LogP contribution in [0.3, 0.4) is 0 Å². The minimum atomic E-state index is -1.83. The van der Waals surface area contributed by atoms with Crippen LogP contribution < -0.4 is 5.43 Å². The molecule has 0 unspecified atom stereocenters. The average molecular weight is 389 g/mol. The van der Waals surface area contributed by atoms with Crippen LogP contribution in [-0.4, -0.2) is 51.1 Å². The molecule has 0 radical (unpaired) electrons. The second kappa shape index (κ2) is 7.57. The molecule has 0 atom stereocenters. The van der Waals surface area contributed by atoms with Crippen molar-refractivity contribution in [1.29, 1.82) is 0 Å². The molecule has 9 heteroatoms. The summed E-state index contributed by atoms with van der Waals surface area (Å²) in [4.78, 5) is 47.9. The Morgan fingerprint density at radius 1 is 1.14 bits per heavy atom. The maximum absolute atomic E-state index is 12.3. The Morgan fingerprint density at radius 2 is 1.75 bits per heavy atom. The van der Waals surface area contributed by atoms with Crippen molar-refractivity contribution in [3.05, 3.63) is 24.4 Å². The molecule has 28 heavy (non-hydrogen) atoms. The summed E-state index contributed by atoms with van der Waals surface area (Å²) in [6.45, 7) is 4.45. The molecule has 3 aliphatic rings. The number of amides is 2. The maximum Gasteiger partial charge on any atom is 0.321 e. The first kappa shape index (κ1) is 19.8. The standard InChI is InChI=1S/C19H23N3O6/c1-11-2-7-15(23)22(11)10-12-3-5-13(6-4-12)16(24)21-20-14-8-19(9-14,17(25)26)18(27)28/h2,7,12-13H,1,3-6,8-10H2,(H,21,24)(H,25,26)(H,27,28). The largest absolute Gasteiger partial charge is 0.480 e. The molecular weight excluding hydrogens is 366 g/mol. The number of carboxylic acids is 2. The van der Waals surface area contributed by atoms with Crippen LogP contribution in [0.25, 0.3) is 0 Å². The van der Waals surface area contributed by atoms with E-state index >= 15 is 0 Å². The van der Waals surface area contributed by atoms with Gasteiger partial charge in [0.25, 0.3) is 5.91 Å². The number of nitrogens with one attached hydrogen (secondary N) is 1. The molecule has 0 aromatic carbocycles. The first-order valence-corrected chi connectivity index (χ1v) is 9.23. The van der Waals surface area contributed by atoms with Crippen LogP contribution >= 0.6 is 0 Å². The summed E-state index contributed by atoms with van der Waals surface area (Å²) in [5, 5.41) is 22.0. The van der Waals surface area contributed by atoms with Crippen LogP contribution in [0.15, 0.2) is 29.5 Å². The summed E-state index contributed by atoms with van der Waals surface area (Å²) < 4.78 is 0. The first-order chi connectivity index (χ1) is 13.2. The predicted molar refractivity (Wildman–Crippen MR) is 98.0 cm³/mol. The number of nitrogens with zero attached hydrogens (tertiary/aromatic N) is 2. The third-order valence-electron chi connectivity index (χ3n) is 5.84. The van der Waals surface area contributed by atoms with E-state index in [1.807, 2.05) is 0 Å². The summed E-state index contributed by atoms with van der Waals surface area (Å²) in [5.41, 5.74) is 1.68. The fraction of sp³-hybridized carbons (Fsp3) is 0.526. The van der Waals surface area contributed by atoms with Gasteiger partial charge >= 0.3 is 11.9 Å². The highest BCUT2D eigenvalue weighted by Crippen LogP contribution is 2.39. The van der Waals surface area contributed by atoms with Gasteiger partial charge in [0.05, 0.1) is 0 Å². The highest BCUT2D eigenvalue weighted by Gasteiger charge is 2.55. The van der Waals surface area contributed by atoms with Crippen molar-refractivity contribution in [3.63, 3.8) is 0 Å². The van der Waals surface area contributed by atoms with Gasteiger partial charge < -0.3 is 15.1 Å². The number of hydrogen-bond donors (Lipinski definition) is 3. The van der Waals surface area contributed by atoms with E-state index < -0.39 is 17.4 Å². The quantitative estimate of drug-likeness (QED) is 0.460. The van der Waals surface area contributed by atoms with Crippen molar-refractivity contribution >= 4 is 29.5 Å². The number of hydrogen-bond acceptors (Lipinski definition) is 5. The Bertz CT molecular complexity index is 749. The SMILES string of the molecule is C=C1C=CC(=O)N1CC1CCC(C(=O)NN=C2CC(C(=O)O)(C(=O)O)C2)CC1. The van der Waals surface area contributed by atoms with Crippen LogP contribution in [0.4, 0.5) is 0 Å². The van der Waals surface area contributed by atoms with Gasteiger partial charge in [0.2, 0.25) is 5.91 Å². The molecule has 2 amide bonds. The van der Waals surface area contributed by atoms with Gasteiger partial charge in [-0.2, -0.15) is 5.10 Å². The lowest BCUT2D eigenvalue weighted by Gasteiger charge is -2.34. The third kappa shape index (κ3) is 3.69. The molecule has 9 nitrogen and oxygen atoms in total. The Labute approximate surface area is 161 Å². The van der Waals surface area contributed by atoms with Crippen LogP contribution in [0.1, 0.15) is 38.5 Å². The average Bonchev–Trinajstić information content (AvgIpc) is 2.92. The van der Waals surface area contributed by atoms with Crippen molar-refractivity contribution in [2.24, 2.45) is 22.4 Å². The molecular formula is C19H23N3O6. The topological polar surface area (TPSA) is 136 Å². The second-order valence-corrected chi connectivity index (χ2v) is 7.69. The number of carbonyl (C=O) groups excluding carboxylic acids is 2. The van der Waals surface area contributed by atoms with Gasteiger partial charge in [-0.1, -0.05) is 6.58 Å². The van der Waals surface area contributed by atoms with E-state index in [2.05, 4.69) is 17.1 Å². The number of allylic oxidation sites excluding steroid dienone is 1. The minimum absolute atomic E-state index is 0.0556. The van der Waals surface area contributed by atoms with E-state index in [-0.39, 0.29) is 30.6 Å². The molecule has 2 saturated carbocycles. The molecule has 3 N–H and O–H groups in total. The smallest absolute Gasteiger partial charge is 0.321 e. The number of aliphatic carboxylic acids is 2. The van der Waals surface area contributed by atoms with E-state index in [1.54, 1.807) is 11.0 Å². The zero-order valence-corrected chi connectivity index (χ0v) is 15.4. The van der Waals surface area contributed by atoms with Crippen LogP contribution in [0.2, 0.25) is 0 Å². The molecule has 1 heterocycles. The summed E-state index contributed by atoms with van der Waals surface area (Å²) in [5.74, 6) is -2.96. The molecule has 3 rings (SSSR count). The van der Waals surface area contributed by atoms with Gasteiger partial charge in [0.15, 0.2) is 5.41 Å². The number of rotatable bonds is 6. The summed E-state index contributed by atoms with van der Waals surface area (Å²) in [6.07, 6.45) is 5.78. The Kier molecular flexibility index (Phi) is 5.35. The molecule has 0 aromatic heterocycles. The van der Waals surface area contributed by atoms with E-state index in [4.69, 9.17) is 10.2 Å². The fourth-order valence-corrected chi connectivity index (χ4v) is 3.90. The molecule has 1 aliphatic heterocycles. The van der Waals surface area contributed by atoms with Gasteiger partial charge in [-0.3, -0.25) is 19.2 Å². The van der Waals surface area contributed by atoms with E-state index in [0.29, 0.717) is 36.7 Å².